The lowest BCUT2D eigenvalue weighted by atomic mass is 9.99. The number of benzene rings is 1. The van der Waals surface area contributed by atoms with Crippen molar-refractivity contribution in [2.45, 2.75) is 39.7 Å². The number of hydrogen-bond donors (Lipinski definition) is 1. The summed E-state index contributed by atoms with van der Waals surface area (Å²) in [7, 11) is 0. The number of nitrogens with zero attached hydrogens (tertiary/aromatic N) is 4. The molecule has 0 aliphatic carbocycles. The normalized spacial score (nSPS) is 16.2. The molecule has 0 spiro atoms. The molecule has 5 nitrogen and oxygen atoms in total. The van der Waals surface area contributed by atoms with Crippen molar-refractivity contribution in [1.29, 1.82) is 0 Å². The number of anilines is 1. The molecule has 0 amide bonds. The van der Waals surface area contributed by atoms with E-state index in [-0.39, 0.29) is 0 Å². The van der Waals surface area contributed by atoms with E-state index in [0.29, 0.717) is 6.54 Å². The van der Waals surface area contributed by atoms with Crippen molar-refractivity contribution in [3.05, 3.63) is 35.7 Å². The predicted molar refractivity (Wildman–Crippen MR) is 89.2 cm³/mol. The van der Waals surface area contributed by atoms with E-state index < -0.39 is 0 Å². The molecule has 0 bridgehead atoms. The van der Waals surface area contributed by atoms with Gasteiger partial charge >= 0.3 is 0 Å². The Hall–Kier alpha value is -1.88. The molecule has 22 heavy (non-hydrogen) atoms. The molecule has 1 aliphatic heterocycles. The second-order valence-corrected chi connectivity index (χ2v) is 6.14. The van der Waals surface area contributed by atoms with Gasteiger partial charge in [-0.25, -0.2) is 4.68 Å². The van der Waals surface area contributed by atoms with Crippen molar-refractivity contribution in [3.63, 3.8) is 0 Å². The molecule has 1 aliphatic rings. The van der Waals surface area contributed by atoms with Crippen LogP contribution < -0.4 is 10.6 Å². The zero-order valence-electron chi connectivity index (χ0n) is 13.5. The van der Waals surface area contributed by atoms with E-state index >= 15 is 0 Å². The second-order valence-electron chi connectivity index (χ2n) is 6.14. The van der Waals surface area contributed by atoms with Crippen LogP contribution in [0.15, 0.2) is 24.3 Å². The van der Waals surface area contributed by atoms with Crippen LogP contribution in [0, 0.1) is 5.92 Å². The summed E-state index contributed by atoms with van der Waals surface area (Å²) in [6.45, 7) is 7.19. The van der Waals surface area contributed by atoms with Crippen molar-refractivity contribution >= 4 is 5.69 Å². The molecule has 2 aromatic rings. The van der Waals surface area contributed by atoms with E-state index in [1.807, 2.05) is 4.68 Å². The molecular formula is C17H25N5. The van der Waals surface area contributed by atoms with Gasteiger partial charge in [-0.1, -0.05) is 19.1 Å². The van der Waals surface area contributed by atoms with E-state index in [0.717, 1.165) is 42.5 Å². The van der Waals surface area contributed by atoms with Gasteiger partial charge in [0.1, 0.15) is 0 Å². The van der Waals surface area contributed by atoms with Crippen LogP contribution in [0.5, 0.6) is 0 Å². The molecule has 5 heteroatoms. The summed E-state index contributed by atoms with van der Waals surface area (Å²) < 4.78 is 1.91. The molecule has 1 aromatic carbocycles. The lowest BCUT2D eigenvalue weighted by Crippen LogP contribution is -2.32. The monoisotopic (exact) mass is 299 g/mol. The molecule has 2 heterocycles. The smallest absolute Gasteiger partial charge is 0.0999 e. The summed E-state index contributed by atoms with van der Waals surface area (Å²) in [5.74, 6) is 0.854. The lowest BCUT2D eigenvalue weighted by Gasteiger charge is -2.32. The van der Waals surface area contributed by atoms with Gasteiger partial charge in [0.05, 0.1) is 17.1 Å². The standard InChI is InChI=1S/C17H25N5/c1-3-17-16(12-18)19-20-22(17)15-6-4-14(5-7-15)21-10-8-13(2)9-11-21/h4-7,13H,3,8-12,18H2,1-2H3. The maximum atomic E-state index is 5.73. The maximum Gasteiger partial charge on any atom is 0.0999 e. The van der Waals surface area contributed by atoms with Gasteiger partial charge in [0, 0.05) is 25.3 Å². The van der Waals surface area contributed by atoms with Crippen molar-refractivity contribution in [1.82, 2.24) is 15.0 Å². The van der Waals surface area contributed by atoms with Gasteiger partial charge in [0.15, 0.2) is 0 Å². The highest BCUT2D eigenvalue weighted by Crippen LogP contribution is 2.24. The SMILES string of the molecule is CCc1c(CN)nnn1-c1ccc(N2CCC(C)CC2)cc1. The van der Waals surface area contributed by atoms with Crippen LogP contribution in [0.1, 0.15) is 38.1 Å². The number of rotatable bonds is 4. The number of nitrogens with two attached hydrogens (primary N) is 1. The molecule has 118 valence electrons. The van der Waals surface area contributed by atoms with Crippen molar-refractivity contribution in [2.24, 2.45) is 11.7 Å². The zero-order valence-corrected chi connectivity index (χ0v) is 13.5. The zero-order chi connectivity index (χ0) is 15.5. The topological polar surface area (TPSA) is 60.0 Å². The first-order valence-corrected chi connectivity index (χ1v) is 8.21. The van der Waals surface area contributed by atoms with Gasteiger partial charge in [-0.15, -0.1) is 5.10 Å². The highest BCUT2D eigenvalue weighted by molar-refractivity contribution is 5.51. The predicted octanol–water partition coefficient (Wildman–Crippen LogP) is 2.52. The molecular weight excluding hydrogens is 274 g/mol. The minimum absolute atomic E-state index is 0.438. The van der Waals surface area contributed by atoms with Gasteiger partial charge in [-0.3, -0.25) is 0 Å². The van der Waals surface area contributed by atoms with Crippen LogP contribution in [0.3, 0.4) is 0 Å². The molecule has 0 radical (unpaired) electrons. The highest BCUT2D eigenvalue weighted by Gasteiger charge is 2.16. The van der Waals surface area contributed by atoms with Crippen LogP contribution in [0.25, 0.3) is 5.69 Å². The van der Waals surface area contributed by atoms with E-state index in [1.165, 1.54) is 18.5 Å². The van der Waals surface area contributed by atoms with Crippen LogP contribution in [-0.4, -0.2) is 28.1 Å². The van der Waals surface area contributed by atoms with E-state index in [1.54, 1.807) is 0 Å². The summed E-state index contributed by atoms with van der Waals surface area (Å²) in [6, 6.07) is 8.63. The second kappa shape index (κ2) is 6.48. The van der Waals surface area contributed by atoms with E-state index in [4.69, 9.17) is 5.73 Å². The fraction of sp³-hybridized carbons (Fsp3) is 0.529. The molecule has 0 saturated carbocycles. The molecule has 0 unspecified atom stereocenters. The summed E-state index contributed by atoms with van der Waals surface area (Å²) in [6.07, 6.45) is 3.45. The Morgan fingerprint density at radius 3 is 2.36 bits per heavy atom. The Bertz CT molecular complexity index is 608. The highest BCUT2D eigenvalue weighted by atomic mass is 15.4. The Morgan fingerprint density at radius 1 is 1.14 bits per heavy atom. The van der Waals surface area contributed by atoms with Gasteiger partial charge in [-0.05, 0) is 49.4 Å². The van der Waals surface area contributed by atoms with Gasteiger partial charge < -0.3 is 10.6 Å². The van der Waals surface area contributed by atoms with Crippen LogP contribution >= 0.6 is 0 Å². The van der Waals surface area contributed by atoms with Crippen molar-refractivity contribution in [2.75, 3.05) is 18.0 Å². The van der Waals surface area contributed by atoms with Gasteiger partial charge in [0.25, 0.3) is 0 Å². The van der Waals surface area contributed by atoms with Crippen LogP contribution in [-0.2, 0) is 13.0 Å². The van der Waals surface area contributed by atoms with Gasteiger partial charge in [-0.2, -0.15) is 0 Å². The first-order valence-electron chi connectivity index (χ1n) is 8.21. The Labute approximate surface area is 132 Å². The Balaban J connectivity index is 1.81. The summed E-state index contributed by atoms with van der Waals surface area (Å²) in [5, 5.41) is 8.43. The number of piperidine rings is 1. The molecule has 3 rings (SSSR count). The third-order valence-corrected chi connectivity index (χ3v) is 4.61. The fourth-order valence-corrected chi connectivity index (χ4v) is 3.12. The van der Waals surface area contributed by atoms with Crippen molar-refractivity contribution < 1.29 is 0 Å². The Morgan fingerprint density at radius 2 is 1.77 bits per heavy atom. The minimum Gasteiger partial charge on any atom is -0.372 e. The van der Waals surface area contributed by atoms with E-state index in [2.05, 4.69) is 53.3 Å². The third kappa shape index (κ3) is 2.86. The maximum absolute atomic E-state index is 5.73. The first kappa shape index (κ1) is 15.0. The summed E-state index contributed by atoms with van der Waals surface area (Å²) in [4.78, 5) is 2.47. The first-order chi connectivity index (χ1) is 10.7. The van der Waals surface area contributed by atoms with Crippen molar-refractivity contribution in [3.8, 4) is 5.69 Å². The average Bonchev–Trinajstić information content (AvgIpc) is 2.98. The summed E-state index contributed by atoms with van der Waals surface area (Å²) in [5.41, 5.74) is 10.1. The van der Waals surface area contributed by atoms with Gasteiger partial charge in [0.2, 0.25) is 0 Å². The Kier molecular flexibility index (Phi) is 4.43. The third-order valence-electron chi connectivity index (χ3n) is 4.61. The minimum atomic E-state index is 0.438. The molecule has 1 aromatic heterocycles. The van der Waals surface area contributed by atoms with Crippen LogP contribution in [0.4, 0.5) is 5.69 Å². The average molecular weight is 299 g/mol. The quantitative estimate of drug-likeness (QED) is 0.942. The lowest BCUT2D eigenvalue weighted by molar-refractivity contribution is 0.438. The largest absolute Gasteiger partial charge is 0.372 e. The molecule has 2 N–H and O–H groups in total. The van der Waals surface area contributed by atoms with Crippen LogP contribution in [0.2, 0.25) is 0 Å². The molecule has 1 fully saturated rings. The fourth-order valence-electron chi connectivity index (χ4n) is 3.12. The number of aromatic nitrogens is 3. The number of hydrogen-bond acceptors (Lipinski definition) is 4. The molecule has 1 saturated heterocycles. The molecule has 0 atom stereocenters. The van der Waals surface area contributed by atoms with E-state index in [9.17, 15) is 0 Å². The summed E-state index contributed by atoms with van der Waals surface area (Å²) >= 11 is 0.